The molecule has 1 saturated carbocycles. The molecule has 0 radical (unpaired) electrons. The maximum atomic E-state index is 12.5. The third-order valence-electron chi connectivity index (χ3n) is 3.71. The molecule has 112 valence electrons. The predicted octanol–water partition coefficient (Wildman–Crippen LogP) is 1.49. The number of hydrogen-bond acceptors (Lipinski definition) is 4. The summed E-state index contributed by atoms with van der Waals surface area (Å²) in [5.74, 6) is 0.371. The summed E-state index contributed by atoms with van der Waals surface area (Å²) in [4.78, 5) is 0.204. The van der Waals surface area contributed by atoms with Gasteiger partial charge in [-0.3, -0.25) is 0 Å². The number of rotatable bonds is 6. The minimum Gasteiger partial charge on any atom is -0.495 e. The molecule has 0 aromatic heterocycles. The SMILES string of the molecule is CNCc1ccc(OC)c(S(=O)(=O)NC2CC2(C)C)c1. The van der Waals surface area contributed by atoms with Crippen LogP contribution in [0.3, 0.4) is 0 Å². The second-order valence-corrected chi connectivity index (χ2v) is 7.56. The molecule has 6 heteroatoms. The van der Waals surface area contributed by atoms with Crippen molar-refractivity contribution in [1.82, 2.24) is 10.0 Å². The maximum absolute atomic E-state index is 12.5. The lowest BCUT2D eigenvalue weighted by molar-refractivity contribution is 0.402. The number of sulfonamides is 1. The first-order valence-electron chi connectivity index (χ1n) is 6.64. The van der Waals surface area contributed by atoms with Crippen LogP contribution in [0.4, 0.5) is 0 Å². The molecule has 1 aromatic rings. The third-order valence-corrected chi connectivity index (χ3v) is 5.20. The molecule has 0 heterocycles. The molecule has 0 spiro atoms. The Hall–Kier alpha value is -1.11. The number of ether oxygens (including phenoxy) is 1. The summed E-state index contributed by atoms with van der Waals surface area (Å²) >= 11 is 0. The van der Waals surface area contributed by atoms with Crippen LogP contribution in [0.5, 0.6) is 5.75 Å². The van der Waals surface area contributed by atoms with E-state index in [0.717, 1.165) is 12.0 Å². The van der Waals surface area contributed by atoms with Gasteiger partial charge >= 0.3 is 0 Å². The largest absolute Gasteiger partial charge is 0.495 e. The first-order chi connectivity index (χ1) is 9.30. The van der Waals surface area contributed by atoms with Crippen LogP contribution in [0.1, 0.15) is 25.8 Å². The Morgan fingerprint density at radius 2 is 2.05 bits per heavy atom. The zero-order chi connectivity index (χ0) is 15.0. The molecule has 2 rings (SSSR count). The molecular formula is C14H22N2O3S. The van der Waals surface area contributed by atoms with Gasteiger partial charge in [0.05, 0.1) is 7.11 Å². The summed E-state index contributed by atoms with van der Waals surface area (Å²) < 4.78 is 32.9. The van der Waals surface area contributed by atoms with Crippen LogP contribution in [-0.4, -0.2) is 28.6 Å². The molecule has 0 bridgehead atoms. The van der Waals surface area contributed by atoms with Crippen molar-refractivity contribution in [3.05, 3.63) is 23.8 Å². The van der Waals surface area contributed by atoms with E-state index in [1.54, 1.807) is 12.1 Å². The van der Waals surface area contributed by atoms with Crippen LogP contribution in [0.25, 0.3) is 0 Å². The number of nitrogens with one attached hydrogen (secondary N) is 2. The molecule has 1 fully saturated rings. The number of methoxy groups -OCH3 is 1. The molecule has 1 aromatic carbocycles. The van der Waals surface area contributed by atoms with Gasteiger partial charge in [-0.25, -0.2) is 13.1 Å². The fourth-order valence-electron chi connectivity index (χ4n) is 2.16. The first kappa shape index (κ1) is 15.3. The Kier molecular flexibility index (Phi) is 4.09. The molecule has 5 nitrogen and oxygen atoms in total. The summed E-state index contributed by atoms with van der Waals surface area (Å²) in [6.07, 6.45) is 0.866. The maximum Gasteiger partial charge on any atom is 0.244 e. The van der Waals surface area contributed by atoms with Crippen molar-refractivity contribution in [3.63, 3.8) is 0 Å². The molecule has 1 unspecified atom stereocenters. The smallest absolute Gasteiger partial charge is 0.244 e. The van der Waals surface area contributed by atoms with Crippen molar-refractivity contribution >= 4 is 10.0 Å². The molecule has 2 N–H and O–H groups in total. The monoisotopic (exact) mass is 298 g/mol. The van der Waals surface area contributed by atoms with Crippen LogP contribution in [-0.2, 0) is 16.6 Å². The molecular weight excluding hydrogens is 276 g/mol. The standard InChI is InChI=1S/C14H22N2O3S/c1-14(2)8-13(14)16-20(17,18)12-7-10(9-15-3)5-6-11(12)19-4/h5-7,13,15-16H,8-9H2,1-4H3. The summed E-state index contributed by atoms with van der Waals surface area (Å²) in [5, 5.41) is 3.01. The van der Waals surface area contributed by atoms with Gasteiger partial charge in [-0.15, -0.1) is 0 Å². The van der Waals surface area contributed by atoms with Crippen molar-refractivity contribution in [3.8, 4) is 5.75 Å². The molecule has 1 aliphatic carbocycles. The molecule has 0 aliphatic heterocycles. The lowest BCUT2D eigenvalue weighted by Gasteiger charge is -2.13. The van der Waals surface area contributed by atoms with E-state index in [9.17, 15) is 8.42 Å². The molecule has 0 amide bonds. The van der Waals surface area contributed by atoms with Crippen molar-refractivity contribution in [2.24, 2.45) is 5.41 Å². The quantitative estimate of drug-likeness (QED) is 0.835. The van der Waals surface area contributed by atoms with Gasteiger partial charge in [0, 0.05) is 12.6 Å². The van der Waals surface area contributed by atoms with Crippen molar-refractivity contribution in [1.29, 1.82) is 0 Å². The van der Waals surface area contributed by atoms with Gasteiger partial charge in [-0.2, -0.15) is 0 Å². The average Bonchev–Trinajstić information content (AvgIpc) is 2.95. The van der Waals surface area contributed by atoms with E-state index in [-0.39, 0.29) is 16.4 Å². The lowest BCUT2D eigenvalue weighted by Crippen LogP contribution is -2.29. The third kappa shape index (κ3) is 3.13. The van der Waals surface area contributed by atoms with Crippen LogP contribution >= 0.6 is 0 Å². The predicted molar refractivity (Wildman–Crippen MR) is 78.3 cm³/mol. The van der Waals surface area contributed by atoms with Gasteiger partial charge in [-0.1, -0.05) is 19.9 Å². The van der Waals surface area contributed by atoms with E-state index >= 15 is 0 Å². The van der Waals surface area contributed by atoms with Crippen LogP contribution in [0.2, 0.25) is 0 Å². The highest BCUT2D eigenvalue weighted by molar-refractivity contribution is 7.89. The fraction of sp³-hybridized carbons (Fsp3) is 0.571. The van der Waals surface area contributed by atoms with Crippen molar-refractivity contribution in [2.75, 3.05) is 14.2 Å². The van der Waals surface area contributed by atoms with Crippen LogP contribution < -0.4 is 14.8 Å². The molecule has 1 aliphatic rings. The minimum atomic E-state index is -3.55. The summed E-state index contributed by atoms with van der Waals surface area (Å²) in [6, 6.07) is 5.21. The molecule has 0 saturated heterocycles. The Labute approximate surface area is 120 Å². The van der Waals surface area contributed by atoms with Crippen LogP contribution in [0.15, 0.2) is 23.1 Å². The zero-order valence-electron chi connectivity index (χ0n) is 12.4. The molecule has 20 heavy (non-hydrogen) atoms. The normalized spacial score (nSPS) is 20.7. The lowest BCUT2D eigenvalue weighted by atomic mass is 10.2. The fourth-order valence-corrected chi connectivity index (χ4v) is 3.79. The summed E-state index contributed by atoms with van der Waals surface area (Å²) in [7, 11) is -0.252. The number of hydrogen-bond donors (Lipinski definition) is 2. The van der Waals surface area contributed by atoms with Crippen LogP contribution in [0, 0.1) is 5.41 Å². The highest BCUT2D eigenvalue weighted by Gasteiger charge is 2.48. The van der Waals surface area contributed by atoms with Crippen molar-refractivity contribution in [2.45, 2.75) is 37.8 Å². The summed E-state index contributed by atoms with van der Waals surface area (Å²) in [5.41, 5.74) is 0.951. The average molecular weight is 298 g/mol. The summed E-state index contributed by atoms with van der Waals surface area (Å²) in [6.45, 7) is 4.71. The molecule has 1 atom stereocenters. The topological polar surface area (TPSA) is 67.4 Å². The van der Waals surface area contributed by atoms with E-state index in [4.69, 9.17) is 4.74 Å². The first-order valence-corrected chi connectivity index (χ1v) is 8.12. The van der Waals surface area contributed by atoms with E-state index in [0.29, 0.717) is 12.3 Å². The van der Waals surface area contributed by atoms with E-state index in [1.165, 1.54) is 7.11 Å². The number of benzene rings is 1. The van der Waals surface area contributed by atoms with Gasteiger partial charge < -0.3 is 10.1 Å². The Balaban J connectivity index is 2.31. The highest BCUT2D eigenvalue weighted by atomic mass is 32.2. The second-order valence-electron chi connectivity index (χ2n) is 5.88. The van der Waals surface area contributed by atoms with Gasteiger partial charge in [0.25, 0.3) is 0 Å². The second kappa shape index (κ2) is 5.35. The minimum absolute atomic E-state index is 0.00478. The van der Waals surface area contributed by atoms with E-state index in [1.807, 2.05) is 13.1 Å². The Morgan fingerprint density at radius 3 is 2.55 bits per heavy atom. The van der Waals surface area contributed by atoms with E-state index in [2.05, 4.69) is 23.9 Å². The Bertz CT molecular complexity index is 596. The zero-order valence-corrected chi connectivity index (χ0v) is 13.2. The highest BCUT2D eigenvalue weighted by Crippen LogP contribution is 2.45. The van der Waals surface area contributed by atoms with Gasteiger partial charge in [-0.05, 0) is 36.6 Å². The van der Waals surface area contributed by atoms with Gasteiger partial charge in [0.15, 0.2) is 0 Å². The van der Waals surface area contributed by atoms with Gasteiger partial charge in [0.1, 0.15) is 10.6 Å². The van der Waals surface area contributed by atoms with E-state index < -0.39 is 10.0 Å². The Morgan fingerprint density at radius 1 is 1.40 bits per heavy atom. The van der Waals surface area contributed by atoms with Crippen molar-refractivity contribution < 1.29 is 13.2 Å². The van der Waals surface area contributed by atoms with Gasteiger partial charge in [0.2, 0.25) is 10.0 Å².